The Labute approximate surface area is 232 Å². The molecule has 0 atom stereocenters. The summed E-state index contributed by atoms with van der Waals surface area (Å²) >= 11 is 1.37. The van der Waals surface area contributed by atoms with Crippen molar-refractivity contribution in [1.82, 2.24) is 4.98 Å². The monoisotopic (exact) mass is 534 g/mol. The molecule has 5 rings (SSSR count). The second-order valence-corrected chi connectivity index (χ2v) is 10.8. The quantitative estimate of drug-likeness (QED) is 0.223. The lowest BCUT2D eigenvalue weighted by Crippen LogP contribution is -2.15. The zero-order valence-corrected chi connectivity index (χ0v) is 23.5. The number of esters is 1. The van der Waals surface area contributed by atoms with Gasteiger partial charge in [0.2, 0.25) is 0 Å². The molecular formula is C33H30N2O3S. The van der Waals surface area contributed by atoms with Crippen molar-refractivity contribution in [3.8, 4) is 22.4 Å². The predicted molar refractivity (Wildman–Crippen MR) is 160 cm³/mol. The molecule has 0 spiro atoms. The number of anilines is 1. The second kappa shape index (κ2) is 10.8. The number of hydrogen-bond donors (Lipinski definition) is 1. The third kappa shape index (κ3) is 5.08. The molecule has 196 valence electrons. The number of amides is 1. The highest BCUT2D eigenvalue weighted by molar-refractivity contribution is 7.17. The molecule has 0 aliphatic rings. The van der Waals surface area contributed by atoms with E-state index in [4.69, 9.17) is 9.72 Å². The van der Waals surface area contributed by atoms with Crippen LogP contribution in [0.4, 0.5) is 5.00 Å². The van der Waals surface area contributed by atoms with E-state index in [2.05, 4.69) is 50.4 Å². The van der Waals surface area contributed by atoms with Crippen LogP contribution in [-0.2, 0) is 11.2 Å². The van der Waals surface area contributed by atoms with Crippen molar-refractivity contribution in [3.63, 3.8) is 0 Å². The zero-order chi connectivity index (χ0) is 27.7. The summed E-state index contributed by atoms with van der Waals surface area (Å²) in [6.45, 7) is 8.19. The van der Waals surface area contributed by atoms with Gasteiger partial charge in [-0.05, 0) is 67.6 Å². The van der Waals surface area contributed by atoms with E-state index in [0.29, 0.717) is 21.8 Å². The molecule has 0 radical (unpaired) electrons. The van der Waals surface area contributed by atoms with E-state index in [0.717, 1.165) is 44.5 Å². The Hall–Kier alpha value is -4.29. The van der Waals surface area contributed by atoms with E-state index in [1.165, 1.54) is 29.6 Å². The first-order valence-electron chi connectivity index (χ1n) is 12.9. The van der Waals surface area contributed by atoms with Crippen LogP contribution in [0.5, 0.6) is 0 Å². The number of benzene rings is 3. The molecule has 0 bridgehead atoms. The number of carbonyl (C=O) groups is 2. The highest BCUT2D eigenvalue weighted by Crippen LogP contribution is 2.41. The van der Waals surface area contributed by atoms with Gasteiger partial charge in [-0.2, -0.15) is 0 Å². The minimum Gasteiger partial charge on any atom is -0.465 e. The van der Waals surface area contributed by atoms with Crippen molar-refractivity contribution in [2.24, 2.45) is 0 Å². The number of ether oxygens (including phenoxy) is 1. The van der Waals surface area contributed by atoms with Crippen LogP contribution in [0, 0.1) is 20.8 Å². The van der Waals surface area contributed by atoms with Crippen LogP contribution in [0.1, 0.15) is 49.2 Å². The summed E-state index contributed by atoms with van der Waals surface area (Å²) in [5.41, 5.74) is 8.50. The zero-order valence-electron chi connectivity index (χ0n) is 22.7. The van der Waals surface area contributed by atoms with Crippen LogP contribution in [0.15, 0.2) is 72.8 Å². The van der Waals surface area contributed by atoms with E-state index >= 15 is 0 Å². The number of aromatic nitrogens is 1. The summed E-state index contributed by atoms with van der Waals surface area (Å²) in [5.74, 6) is -0.794. The Morgan fingerprint density at radius 1 is 0.897 bits per heavy atom. The summed E-state index contributed by atoms with van der Waals surface area (Å²) in [7, 11) is 1.36. The number of hydrogen-bond acceptors (Lipinski definition) is 5. The summed E-state index contributed by atoms with van der Waals surface area (Å²) in [6, 6.07) is 23.7. The van der Waals surface area contributed by atoms with Gasteiger partial charge in [0.25, 0.3) is 5.91 Å². The maximum absolute atomic E-state index is 13.9. The number of nitrogens with one attached hydrogen (secondary N) is 1. The van der Waals surface area contributed by atoms with E-state index < -0.39 is 5.97 Å². The molecule has 2 heterocycles. The minimum absolute atomic E-state index is 0.307. The molecule has 0 saturated carbocycles. The van der Waals surface area contributed by atoms with Gasteiger partial charge in [-0.3, -0.25) is 4.79 Å². The third-order valence-corrected chi connectivity index (χ3v) is 8.14. The summed E-state index contributed by atoms with van der Waals surface area (Å²) in [5, 5.41) is 4.24. The molecule has 3 aromatic carbocycles. The highest BCUT2D eigenvalue weighted by atomic mass is 32.1. The van der Waals surface area contributed by atoms with Gasteiger partial charge in [0.1, 0.15) is 10.6 Å². The third-order valence-electron chi connectivity index (χ3n) is 7.12. The normalized spacial score (nSPS) is 11.0. The van der Waals surface area contributed by atoms with Gasteiger partial charge in [0, 0.05) is 21.4 Å². The van der Waals surface area contributed by atoms with Crippen LogP contribution < -0.4 is 5.32 Å². The lowest BCUT2D eigenvalue weighted by atomic mass is 9.99. The van der Waals surface area contributed by atoms with E-state index in [1.54, 1.807) is 0 Å². The highest BCUT2D eigenvalue weighted by Gasteiger charge is 2.26. The molecule has 2 aromatic heterocycles. The fraction of sp³-hybridized carbons (Fsp3) is 0.182. The van der Waals surface area contributed by atoms with Crippen LogP contribution in [-0.4, -0.2) is 24.0 Å². The van der Waals surface area contributed by atoms with E-state index in [1.807, 2.05) is 55.5 Å². The van der Waals surface area contributed by atoms with Gasteiger partial charge in [-0.1, -0.05) is 61.5 Å². The van der Waals surface area contributed by atoms with Gasteiger partial charge in [-0.25, -0.2) is 9.78 Å². The summed E-state index contributed by atoms with van der Waals surface area (Å²) in [6.07, 6.45) is 0.929. The molecule has 5 nitrogen and oxygen atoms in total. The van der Waals surface area contributed by atoms with Crippen molar-refractivity contribution in [2.45, 2.75) is 34.1 Å². The van der Waals surface area contributed by atoms with Crippen LogP contribution >= 0.6 is 11.3 Å². The molecule has 0 fully saturated rings. The molecule has 0 aliphatic carbocycles. The Morgan fingerprint density at radius 3 is 2.31 bits per heavy atom. The van der Waals surface area contributed by atoms with Crippen LogP contribution in [0.3, 0.4) is 0 Å². The Morgan fingerprint density at radius 2 is 1.62 bits per heavy atom. The number of methoxy groups -OCH3 is 1. The van der Waals surface area contributed by atoms with Crippen molar-refractivity contribution in [3.05, 3.63) is 105 Å². The van der Waals surface area contributed by atoms with Crippen LogP contribution in [0.2, 0.25) is 0 Å². The van der Waals surface area contributed by atoms with Crippen LogP contribution in [0.25, 0.3) is 33.3 Å². The van der Waals surface area contributed by atoms with E-state index in [-0.39, 0.29) is 5.91 Å². The van der Waals surface area contributed by atoms with Crippen molar-refractivity contribution >= 4 is 39.1 Å². The number of pyridine rings is 1. The van der Waals surface area contributed by atoms with E-state index in [9.17, 15) is 9.59 Å². The first-order chi connectivity index (χ1) is 18.8. The number of fused-ring (bicyclic) bond motifs is 1. The van der Waals surface area contributed by atoms with Gasteiger partial charge in [0.05, 0.1) is 23.9 Å². The molecule has 1 amide bonds. The maximum atomic E-state index is 13.9. The standard InChI is InChI=1S/C33H30N2O3S/c1-6-22-12-15-23(16-13-22)29-21(4)39-32(30(29)33(37)38-5)35-31(36)26-18-28(24-14-11-19(2)20(3)17-24)34-27-10-8-7-9-25(26)27/h7-18H,6H2,1-5H3,(H,35,36). The predicted octanol–water partition coefficient (Wildman–Crippen LogP) is 8.16. The Bertz CT molecular complexity index is 1720. The average molecular weight is 535 g/mol. The van der Waals surface area contributed by atoms with Crippen molar-refractivity contribution in [1.29, 1.82) is 0 Å². The molecule has 39 heavy (non-hydrogen) atoms. The summed E-state index contributed by atoms with van der Waals surface area (Å²) < 4.78 is 5.16. The van der Waals surface area contributed by atoms with Gasteiger partial charge in [0.15, 0.2) is 0 Å². The fourth-order valence-corrected chi connectivity index (χ4v) is 5.83. The largest absolute Gasteiger partial charge is 0.465 e. The number of aryl methyl sites for hydroxylation is 4. The molecule has 0 unspecified atom stereocenters. The smallest absolute Gasteiger partial charge is 0.341 e. The molecule has 6 heteroatoms. The first-order valence-corrected chi connectivity index (χ1v) is 13.7. The number of rotatable bonds is 6. The number of thiophene rings is 1. The maximum Gasteiger partial charge on any atom is 0.341 e. The van der Waals surface area contributed by atoms with Gasteiger partial charge in [-0.15, -0.1) is 11.3 Å². The minimum atomic E-state index is -0.486. The summed E-state index contributed by atoms with van der Waals surface area (Å²) in [4.78, 5) is 32.6. The average Bonchev–Trinajstić information content (AvgIpc) is 3.28. The molecule has 0 saturated heterocycles. The molecule has 1 N–H and O–H groups in total. The lowest BCUT2D eigenvalue weighted by Gasteiger charge is -2.12. The molecular weight excluding hydrogens is 504 g/mol. The number of carbonyl (C=O) groups excluding carboxylic acids is 2. The number of para-hydroxylation sites is 1. The lowest BCUT2D eigenvalue weighted by molar-refractivity contribution is 0.0603. The van der Waals surface area contributed by atoms with Gasteiger partial charge >= 0.3 is 5.97 Å². The topological polar surface area (TPSA) is 68.3 Å². The SMILES string of the molecule is CCc1ccc(-c2c(C)sc(NC(=O)c3cc(-c4ccc(C)c(C)c4)nc4ccccc34)c2C(=O)OC)cc1. The van der Waals surface area contributed by atoms with Crippen molar-refractivity contribution < 1.29 is 14.3 Å². The fourth-order valence-electron chi connectivity index (χ4n) is 4.77. The Kier molecular flexibility index (Phi) is 7.31. The van der Waals surface area contributed by atoms with Gasteiger partial charge < -0.3 is 10.1 Å². The first kappa shape index (κ1) is 26.3. The Balaban J connectivity index is 1.60. The molecule has 5 aromatic rings. The molecule has 0 aliphatic heterocycles. The number of nitrogens with zero attached hydrogens (tertiary/aromatic N) is 1. The van der Waals surface area contributed by atoms with Crippen molar-refractivity contribution in [2.75, 3.05) is 12.4 Å². The second-order valence-electron chi connectivity index (χ2n) is 9.60.